The highest BCUT2D eigenvalue weighted by atomic mass is 16.3. The summed E-state index contributed by atoms with van der Waals surface area (Å²) >= 11 is 0. The summed E-state index contributed by atoms with van der Waals surface area (Å²) < 4.78 is 1.58. The van der Waals surface area contributed by atoms with Crippen LogP contribution in [-0.4, -0.2) is 51.1 Å². The summed E-state index contributed by atoms with van der Waals surface area (Å²) in [7, 11) is 0. The number of anilines is 2. The summed E-state index contributed by atoms with van der Waals surface area (Å²) in [6, 6.07) is 1.77. The summed E-state index contributed by atoms with van der Waals surface area (Å²) in [5.74, 6) is 0.660. The molecule has 17 heavy (non-hydrogen) atoms. The number of nitrogen functional groups attached to an aromatic ring is 1. The van der Waals surface area contributed by atoms with Crippen molar-refractivity contribution in [1.29, 1.82) is 0 Å². The molecule has 0 amide bonds. The molecule has 0 spiro atoms. The summed E-state index contributed by atoms with van der Waals surface area (Å²) in [4.78, 5) is 6.14. The van der Waals surface area contributed by atoms with Crippen molar-refractivity contribution in [3.05, 3.63) is 18.5 Å². The fourth-order valence-electron chi connectivity index (χ4n) is 1.64. The quantitative estimate of drug-likeness (QED) is 0.623. The van der Waals surface area contributed by atoms with Crippen molar-refractivity contribution in [2.24, 2.45) is 0 Å². The lowest BCUT2D eigenvalue weighted by atomic mass is 10.4. The molecule has 0 fully saturated rings. The maximum absolute atomic E-state index is 8.96. The number of hydrogen-bond acceptors (Lipinski definition) is 6. The van der Waals surface area contributed by atoms with Crippen LogP contribution in [0.15, 0.2) is 18.5 Å². The molecule has 0 radical (unpaired) electrons. The van der Waals surface area contributed by atoms with Gasteiger partial charge in [0.25, 0.3) is 0 Å². The Morgan fingerprint density at radius 3 is 2.65 bits per heavy atom. The van der Waals surface area contributed by atoms with Gasteiger partial charge in [-0.2, -0.15) is 5.10 Å². The van der Waals surface area contributed by atoms with Crippen molar-refractivity contribution >= 4 is 17.2 Å². The Labute approximate surface area is 98.1 Å². The minimum absolute atomic E-state index is 0.00159. The first-order valence-corrected chi connectivity index (χ1v) is 5.33. The average molecular weight is 237 g/mol. The molecule has 0 aromatic carbocycles. The van der Waals surface area contributed by atoms with Gasteiger partial charge in [-0.1, -0.05) is 0 Å². The number of aliphatic hydroxyl groups is 2. The number of nitrogens with zero attached hydrogens (tertiary/aromatic N) is 4. The van der Waals surface area contributed by atoms with E-state index in [0.717, 1.165) is 0 Å². The normalized spacial score (nSPS) is 10.9. The summed E-state index contributed by atoms with van der Waals surface area (Å²) in [6.45, 7) is 0.832. The Morgan fingerprint density at radius 1 is 1.29 bits per heavy atom. The van der Waals surface area contributed by atoms with Gasteiger partial charge >= 0.3 is 0 Å². The van der Waals surface area contributed by atoms with E-state index in [2.05, 4.69) is 10.1 Å². The topological polar surface area (TPSA) is 99.9 Å². The molecule has 0 bridgehead atoms. The van der Waals surface area contributed by atoms with Gasteiger partial charge in [-0.05, 0) is 6.07 Å². The van der Waals surface area contributed by atoms with Crippen LogP contribution in [0, 0.1) is 0 Å². The summed E-state index contributed by atoms with van der Waals surface area (Å²) in [6.07, 6.45) is 3.28. The van der Waals surface area contributed by atoms with Crippen LogP contribution in [0.2, 0.25) is 0 Å². The van der Waals surface area contributed by atoms with Gasteiger partial charge in [0.15, 0.2) is 5.65 Å². The second-order valence-corrected chi connectivity index (χ2v) is 3.59. The molecule has 2 aromatic heterocycles. The number of aliphatic hydroxyl groups excluding tert-OH is 2. The molecule has 7 nitrogen and oxygen atoms in total. The molecule has 0 saturated carbocycles. The van der Waals surface area contributed by atoms with Crippen LogP contribution < -0.4 is 10.6 Å². The molecule has 0 saturated heterocycles. The van der Waals surface area contributed by atoms with E-state index < -0.39 is 0 Å². The molecule has 2 rings (SSSR count). The predicted octanol–water partition coefficient (Wildman–Crippen LogP) is -0.898. The van der Waals surface area contributed by atoms with Crippen LogP contribution in [0.25, 0.3) is 5.65 Å². The van der Waals surface area contributed by atoms with Crippen molar-refractivity contribution in [1.82, 2.24) is 14.6 Å². The van der Waals surface area contributed by atoms with Gasteiger partial charge in [0.05, 0.1) is 25.1 Å². The molecule has 0 aliphatic rings. The standard InChI is InChI=1S/C10H15N5O2/c11-8-7-12-15-2-1-9(13-10(8)15)14(3-5-16)4-6-17/h1-2,7,16-17H,3-6,11H2. The zero-order valence-corrected chi connectivity index (χ0v) is 9.32. The summed E-state index contributed by atoms with van der Waals surface area (Å²) in [5, 5.41) is 21.9. The van der Waals surface area contributed by atoms with E-state index in [4.69, 9.17) is 15.9 Å². The number of hydrogen-bond donors (Lipinski definition) is 3. The largest absolute Gasteiger partial charge is 0.395 e. The zero-order chi connectivity index (χ0) is 12.3. The Morgan fingerprint density at radius 2 is 2.00 bits per heavy atom. The van der Waals surface area contributed by atoms with Gasteiger partial charge in [0, 0.05) is 19.3 Å². The molecule has 2 heterocycles. The van der Waals surface area contributed by atoms with Crippen LogP contribution in [0.3, 0.4) is 0 Å². The van der Waals surface area contributed by atoms with E-state index in [-0.39, 0.29) is 13.2 Å². The average Bonchev–Trinajstić information content (AvgIpc) is 2.71. The molecule has 0 atom stereocenters. The van der Waals surface area contributed by atoms with Crippen LogP contribution in [0.5, 0.6) is 0 Å². The number of fused-ring (bicyclic) bond motifs is 1. The monoisotopic (exact) mass is 237 g/mol. The van der Waals surface area contributed by atoms with Crippen molar-refractivity contribution in [3.8, 4) is 0 Å². The van der Waals surface area contributed by atoms with E-state index >= 15 is 0 Å². The molecular weight excluding hydrogens is 222 g/mol. The third kappa shape index (κ3) is 2.29. The Kier molecular flexibility index (Phi) is 3.40. The lowest BCUT2D eigenvalue weighted by Crippen LogP contribution is -2.30. The molecule has 0 aliphatic carbocycles. The highest BCUT2D eigenvalue weighted by molar-refractivity contribution is 5.65. The minimum atomic E-state index is 0.00159. The Bertz CT molecular complexity index is 492. The van der Waals surface area contributed by atoms with Gasteiger partial charge in [0.2, 0.25) is 0 Å². The second kappa shape index (κ2) is 4.98. The van der Waals surface area contributed by atoms with Crippen molar-refractivity contribution in [2.75, 3.05) is 36.9 Å². The second-order valence-electron chi connectivity index (χ2n) is 3.59. The van der Waals surface area contributed by atoms with E-state index in [9.17, 15) is 0 Å². The number of aromatic nitrogens is 3. The number of nitrogens with two attached hydrogens (primary N) is 1. The van der Waals surface area contributed by atoms with E-state index in [1.165, 1.54) is 6.20 Å². The van der Waals surface area contributed by atoms with Crippen LogP contribution >= 0.6 is 0 Å². The molecule has 2 aromatic rings. The van der Waals surface area contributed by atoms with Gasteiger partial charge < -0.3 is 20.8 Å². The molecule has 0 unspecified atom stereocenters. The van der Waals surface area contributed by atoms with Gasteiger partial charge in [-0.25, -0.2) is 9.50 Å². The highest BCUT2D eigenvalue weighted by Crippen LogP contribution is 2.15. The lowest BCUT2D eigenvalue weighted by Gasteiger charge is -2.21. The van der Waals surface area contributed by atoms with Gasteiger partial charge in [-0.3, -0.25) is 0 Å². The molecule has 4 N–H and O–H groups in total. The first-order valence-electron chi connectivity index (χ1n) is 5.33. The van der Waals surface area contributed by atoms with E-state index in [0.29, 0.717) is 30.2 Å². The fraction of sp³-hybridized carbons (Fsp3) is 0.400. The zero-order valence-electron chi connectivity index (χ0n) is 9.32. The van der Waals surface area contributed by atoms with Gasteiger partial charge in [-0.15, -0.1) is 0 Å². The van der Waals surface area contributed by atoms with Crippen LogP contribution in [-0.2, 0) is 0 Å². The maximum atomic E-state index is 8.96. The molecular formula is C10H15N5O2. The predicted molar refractivity (Wildman–Crippen MR) is 63.8 cm³/mol. The Balaban J connectivity index is 2.35. The molecule has 7 heteroatoms. The third-order valence-corrected chi connectivity index (χ3v) is 2.45. The Hall–Kier alpha value is -1.86. The van der Waals surface area contributed by atoms with Crippen molar-refractivity contribution in [2.45, 2.75) is 0 Å². The highest BCUT2D eigenvalue weighted by Gasteiger charge is 2.09. The van der Waals surface area contributed by atoms with E-state index in [1.54, 1.807) is 21.7 Å². The smallest absolute Gasteiger partial charge is 0.180 e. The van der Waals surface area contributed by atoms with Crippen LogP contribution in [0.4, 0.5) is 11.5 Å². The number of rotatable bonds is 5. The fourth-order valence-corrected chi connectivity index (χ4v) is 1.64. The van der Waals surface area contributed by atoms with Crippen molar-refractivity contribution in [3.63, 3.8) is 0 Å². The van der Waals surface area contributed by atoms with Crippen molar-refractivity contribution < 1.29 is 10.2 Å². The summed E-state index contributed by atoms with van der Waals surface area (Å²) in [5.41, 5.74) is 6.80. The third-order valence-electron chi connectivity index (χ3n) is 2.45. The molecule has 0 aliphatic heterocycles. The molecule has 92 valence electrons. The minimum Gasteiger partial charge on any atom is -0.395 e. The maximum Gasteiger partial charge on any atom is 0.180 e. The first kappa shape index (κ1) is 11.6. The first-order chi connectivity index (χ1) is 8.26. The lowest BCUT2D eigenvalue weighted by molar-refractivity contribution is 0.280. The van der Waals surface area contributed by atoms with E-state index in [1.807, 2.05) is 0 Å². The van der Waals surface area contributed by atoms with Crippen LogP contribution in [0.1, 0.15) is 0 Å². The SMILES string of the molecule is Nc1cnn2ccc(N(CCO)CCO)nc12. The van der Waals surface area contributed by atoms with Gasteiger partial charge in [0.1, 0.15) is 5.82 Å².